The van der Waals surface area contributed by atoms with Crippen molar-refractivity contribution in [1.82, 2.24) is 0 Å². The Hall–Kier alpha value is -1.18. The number of hydrogen-bond donors (Lipinski definition) is 2. The molecule has 1 aromatic rings. The second kappa shape index (κ2) is 7.56. The fraction of sp³-hybridized carbons (Fsp3) is 0.500. The molecular weight excluding hydrogens is 299 g/mol. The second-order valence-corrected chi connectivity index (χ2v) is 4.01. The van der Waals surface area contributed by atoms with Crippen LogP contribution in [0.15, 0.2) is 18.2 Å². The summed E-state index contributed by atoms with van der Waals surface area (Å²) in [6.45, 7) is 0. The molecule has 20 heavy (non-hydrogen) atoms. The molecule has 0 heterocycles. The fourth-order valence-electron chi connectivity index (χ4n) is 1.60. The molecule has 4 nitrogen and oxygen atoms in total. The Morgan fingerprint density at radius 3 is 2.30 bits per heavy atom. The lowest BCUT2D eigenvalue weighted by Crippen LogP contribution is -2.38. The van der Waals surface area contributed by atoms with Crippen molar-refractivity contribution >= 4 is 12.4 Å². The third-order valence-corrected chi connectivity index (χ3v) is 2.69. The summed E-state index contributed by atoms with van der Waals surface area (Å²) in [5, 5.41) is 9.87. The molecule has 8 heteroatoms. The van der Waals surface area contributed by atoms with Crippen molar-refractivity contribution < 1.29 is 27.8 Å². The van der Waals surface area contributed by atoms with Crippen molar-refractivity contribution in [3.05, 3.63) is 23.8 Å². The Balaban J connectivity index is 0.00000361. The molecule has 0 aliphatic carbocycles. The maximum Gasteiger partial charge on any atom is 0.403 e. The molecule has 0 amide bonds. The normalized spacial score (nSPS) is 14.2. The molecule has 0 radical (unpaired) electrons. The molecule has 0 aliphatic rings. The Morgan fingerprint density at radius 2 is 1.85 bits per heavy atom. The molecule has 1 rings (SSSR count). The predicted octanol–water partition coefficient (Wildman–Crippen LogP) is 2.44. The number of alkyl halides is 3. The van der Waals surface area contributed by atoms with Crippen molar-refractivity contribution in [2.75, 3.05) is 14.2 Å². The zero-order chi connectivity index (χ0) is 14.6. The van der Waals surface area contributed by atoms with Crippen LogP contribution in [0, 0.1) is 0 Å². The Kier molecular flexibility index (Phi) is 7.12. The van der Waals surface area contributed by atoms with Gasteiger partial charge in [-0.25, -0.2) is 0 Å². The van der Waals surface area contributed by atoms with E-state index in [1.165, 1.54) is 26.4 Å². The van der Waals surface area contributed by atoms with Crippen LogP contribution in [0.3, 0.4) is 0 Å². The van der Waals surface area contributed by atoms with Gasteiger partial charge in [0.2, 0.25) is 0 Å². The van der Waals surface area contributed by atoms with E-state index in [0.717, 1.165) is 0 Å². The molecule has 0 unspecified atom stereocenters. The van der Waals surface area contributed by atoms with Crippen LogP contribution in [0.1, 0.15) is 18.1 Å². The van der Waals surface area contributed by atoms with Crippen LogP contribution in [0.5, 0.6) is 11.5 Å². The number of ether oxygens (including phenoxy) is 2. The average molecular weight is 316 g/mol. The Bertz CT molecular complexity index is 429. The highest BCUT2D eigenvalue weighted by molar-refractivity contribution is 5.85. The minimum atomic E-state index is -4.55. The van der Waals surface area contributed by atoms with Crippen LogP contribution in [-0.2, 0) is 0 Å². The Morgan fingerprint density at radius 1 is 1.25 bits per heavy atom. The summed E-state index contributed by atoms with van der Waals surface area (Å²) in [5.41, 5.74) is 5.20. The first-order chi connectivity index (χ1) is 8.79. The first-order valence-corrected chi connectivity index (χ1v) is 5.52. The van der Waals surface area contributed by atoms with E-state index < -0.39 is 24.7 Å². The first kappa shape index (κ1) is 18.8. The SMILES string of the molecule is COc1ccc(OC)c([C@@H](O)C[C@H](N)C(F)(F)F)c1.Cl. The summed E-state index contributed by atoms with van der Waals surface area (Å²) in [5.74, 6) is 0.693. The van der Waals surface area contributed by atoms with Gasteiger partial charge in [-0.3, -0.25) is 0 Å². The highest BCUT2D eigenvalue weighted by Gasteiger charge is 2.38. The van der Waals surface area contributed by atoms with Crippen molar-refractivity contribution in [2.24, 2.45) is 5.73 Å². The molecule has 1 aromatic carbocycles. The zero-order valence-electron chi connectivity index (χ0n) is 11.0. The average Bonchev–Trinajstić information content (AvgIpc) is 2.36. The van der Waals surface area contributed by atoms with E-state index in [1.807, 2.05) is 0 Å². The van der Waals surface area contributed by atoms with Gasteiger partial charge in [-0.1, -0.05) is 0 Å². The molecule has 0 saturated carbocycles. The number of benzene rings is 1. The molecule has 0 aromatic heterocycles. The highest BCUT2D eigenvalue weighted by Crippen LogP contribution is 2.33. The van der Waals surface area contributed by atoms with Gasteiger partial charge in [0.15, 0.2) is 0 Å². The van der Waals surface area contributed by atoms with E-state index >= 15 is 0 Å². The predicted molar refractivity (Wildman–Crippen MR) is 70.4 cm³/mol. The summed E-state index contributed by atoms with van der Waals surface area (Å²) in [6.07, 6.45) is -6.58. The molecule has 3 N–H and O–H groups in total. The van der Waals surface area contributed by atoms with E-state index in [2.05, 4.69) is 0 Å². The summed E-state index contributed by atoms with van der Waals surface area (Å²) in [6, 6.07) is 2.42. The molecule has 0 spiro atoms. The number of rotatable bonds is 5. The van der Waals surface area contributed by atoms with Crippen LogP contribution in [0.25, 0.3) is 0 Å². The molecule has 0 saturated heterocycles. The van der Waals surface area contributed by atoms with Gasteiger partial charge in [-0.15, -0.1) is 12.4 Å². The maximum absolute atomic E-state index is 12.4. The summed E-state index contributed by atoms with van der Waals surface area (Å²) < 4.78 is 47.0. The number of halogens is 4. The van der Waals surface area contributed by atoms with Gasteiger partial charge in [0.25, 0.3) is 0 Å². The van der Waals surface area contributed by atoms with Crippen molar-refractivity contribution in [2.45, 2.75) is 24.7 Å². The smallest absolute Gasteiger partial charge is 0.403 e. The van der Waals surface area contributed by atoms with Gasteiger partial charge < -0.3 is 20.3 Å². The lowest BCUT2D eigenvalue weighted by Gasteiger charge is -2.21. The molecular formula is C12H17ClF3NO3. The van der Waals surface area contributed by atoms with Gasteiger partial charge in [-0.2, -0.15) is 13.2 Å². The van der Waals surface area contributed by atoms with Crippen LogP contribution in [-0.4, -0.2) is 31.5 Å². The number of aliphatic hydroxyl groups is 1. The van der Waals surface area contributed by atoms with Crippen molar-refractivity contribution in [1.29, 1.82) is 0 Å². The van der Waals surface area contributed by atoms with Gasteiger partial charge in [0, 0.05) is 12.0 Å². The van der Waals surface area contributed by atoms with Crippen LogP contribution >= 0.6 is 12.4 Å². The minimum Gasteiger partial charge on any atom is -0.497 e. The van der Waals surface area contributed by atoms with Crippen molar-refractivity contribution in [3.63, 3.8) is 0 Å². The number of aliphatic hydroxyl groups excluding tert-OH is 1. The van der Waals surface area contributed by atoms with Gasteiger partial charge >= 0.3 is 6.18 Å². The third kappa shape index (κ3) is 4.73. The third-order valence-electron chi connectivity index (χ3n) is 2.69. The fourth-order valence-corrected chi connectivity index (χ4v) is 1.60. The number of nitrogens with two attached hydrogens (primary N) is 1. The van der Waals surface area contributed by atoms with E-state index in [4.69, 9.17) is 15.2 Å². The van der Waals surface area contributed by atoms with Gasteiger partial charge in [0.05, 0.1) is 20.3 Å². The van der Waals surface area contributed by atoms with Gasteiger partial charge in [0.1, 0.15) is 17.5 Å². The summed E-state index contributed by atoms with van der Waals surface area (Å²) in [7, 11) is 2.78. The Labute approximate surface area is 121 Å². The lowest BCUT2D eigenvalue weighted by atomic mass is 10.0. The van der Waals surface area contributed by atoms with Crippen molar-refractivity contribution in [3.8, 4) is 11.5 Å². The monoisotopic (exact) mass is 315 g/mol. The highest BCUT2D eigenvalue weighted by atomic mass is 35.5. The molecule has 0 aliphatic heterocycles. The molecule has 0 fully saturated rings. The van der Waals surface area contributed by atoms with E-state index in [1.54, 1.807) is 6.07 Å². The lowest BCUT2D eigenvalue weighted by molar-refractivity contribution is -0.153. The van der Waals surface area contributed by atoms with Crippen LogP contribution < -0.4 is 15.2 Å². The largest absolute Gasteiger partial charge is 0.497 e. The summed E-state index contributed by atoms with van der Waals surface area (Å²) >= 11 is 0. The van der Waals surface area contributed by atoms with E-state index in [0.29, 0.717) is 5.75 Å². The topological polar surface area (TPSA) is 64.7 Å². The van der Waals surface area contributed by atoms with Crippen LogP contribution in [0.2, 0.25) is 0 Å². The zero-order valence-corrected chi connectivity index (χ0v) is 11.8. The maximum atomic E-state index is 12.4. The summed E-state index contributed by atoms with van der Waals surface area (Å²) in [4.78, 5) is 0. The van der Waals surface area contributed by atoms with E-state index in [-0.39, 0.29) is 23.7 Å². The number of hydrogen-bond acceptors (Lipinski definition) is 4. The quantitative estimate of drug-likeness (QED) is 0.876. The van der Waals surface area contributed by atoms with Gasteiger partial charge in [-0.05, 0) is 18.2 Å². The second-order valence-electron chi connectivity index (χ2n) is 4.01. The molecule has 0 bridgehead atoms. The van der Waals surface area contributed by atoms with E-state index in [9.17, 15) is 18.3 Å². The first-order valence-electron chi connectivity index (χ1n) is 5.52. The minimum absolute atomic E-state index is 0. The molecule has 116 valence electrons. The number of methoxy groups -OCH3 is 2. The standard InChI is InChI=1S/C12H16F3NO3.ClH/c1-18-7-3-4-10(19-2)8(5-7)9(17)6-11(16)12(13,14)15;/h3-5,9,11,17H,6,16H2,1-2H3;1H/t9-,11-;/m0./s1. The van der Waals surface area contributed by atoms with Crippen LogP contribution in [0.4, 0.5) is 13.2 Å². The molecule has 2 atom stereocenters.